The van der Waals surface area contributed by atoms with Crippen molar-refractivity contribution < 1.29 is 27.5 Å². The molecular weight excluding hydrogens is 423 g/mol. The third kappa shape index (κ3) is 6.32. The van der Waals surface area contributed by atoms with Gasteiger partial charge in [0.15, 0.2) is 5.69 Å². The van der Waals surface area contributed by atoms with Crippen LogP contribution in [0.1, 0.15) is 33.6 Å². The lowest BCUT2D eigenvalue weighted by atomic mass is 10.2. The predicted molar refractivity (Wildman–Crippen MR) is 108 cm³/mol. The van der Waals surface area contributed by atoms with Crippen LogP contribution in [0, 0.1) is 0 Å². The van der Waals surface area contributed by atoms with Crippen molar-refractivity contribution in [2.75, 3.05) is 30.9 Å². The van der Waals surface area contributed by atoms with Gasteiger partial charge in [-0.05, 0) is 19.8 Å². The lowest BCUT2D eigenvalue weighted by Crippen LogP contribution is -2.51. The molecule has 1 atom stereocenters. The van der Waals surface area contributed by atoms with E-state index in [1.54, 1.807) is 13.8 Å². The van der Waals surface area contributed by atoms with Crippen LogP contribution in [0.25, 0.3) is 0 Å². The van der Waals surface area contributed by atoms with Gasteiger partial charge >= 0.3 is 17.8 Å². The Morgan fingerprint density at radius 3 is 2.32 bits per heavy atom. The summed E-state index contributed by atoms with van der Waals surface area (Å²) in [5.74, 6) is -3.62. The fourth-order valence-electron chi connectivity index (χ4n) is 2.75. The number of carbonyl (C=O) groups excluding carboxylic acids is 2. The van der Waals surface area contributed by atoms with Gasteiger partial charge in [-0.25, -0.2) is 9.36 Å². The number of nitrogens with one attached hydrogen (secondary N) is 1. The number of nitrogen functional groups attached to an aromatic ring is 1. The summed E-state index contributed by atoms with van der Waals surface area (Å²) in [6, 6.07) is -0.251. The van der Waals surface area contributed by atoms with E-state index in [2.05, 4.69) is 5.32 Å². The number of halogens is 3. The molecule has 1 aromatic rings. The number of carbonyl (C=O) groups is 2. The standard InChI is InChI=1S/C18H28F3N5O5/c1-5-7-25-14(22)13(24(8-9-31-4)16(29)18(19,20)21)15(28)26(17(25)30)10-12(27)23-11(3)6-2/h11H,5-10,22H2,1-4H3,(H,23,27). The number of ether oxygens (including phenoxy) is 1. The molecule has 13 heteroatoms. The molecule has 1 aromatic heterocycles. The second-order valence-electron chi connectivity index (χ2n) is 6.88. The summed E-state index contributed by atoms with van der Waals surface area (Å²) in [5, 5.41) is 2.57. The van der Waals surface area contributed by atoms with Crippen molar-refractivity contribution in [2.24, 2.45) is 0 Å². The number of amides is 2. The normalized spacial score (nSPS) is 12.5. The minimum Gasteiger partial charge on any atom is -0.383 e. The first kappa shape index (κ1) is 26.2. The van der Waals surface area contributed by atoms with Crippen LogP contribution in [-0.2, 0) is 27.4 Å². The average molecular weight is 451 g/mol. The number of rotatable bonds is 10. The minimum absolute atomic E-state index is 0.0384. The molecule has 0 saturated heterocycles. The summed E-state index contributed by atoms with van der Waals surface area (Å²) in [5.41, 5.74) is 2.81. The molecule has 0 spiro atoms. The van der Waals surface area contributed by atoms with Gasteiger partial charge in [-0.1, -0.05) is 13.8 Å². The van der Waals surface area contributed by atoms with Crippen molar-refractivity contribution in [2.45, 2.75) is 58.9 Å². The van der Waals surface area contributed by atoms with Crippen molar-refractivity contribution in [3.05, 3.63) is 20.8 Å². The fourth-order valence-corrected chi connectivity index (χ4v) is 2.75. The van der Waals surface area contributed by atoms with Crippen molar-refractivity contribution >= 4 is 23.3 Å². The van der Waals surface area contributed by atoms with Crippen LogP contribution in [0.5, 0.6) is 0 Å². The molecule has 0 aliphatic rings. The molecule has 2 amide bonds. The molecule has 0 fully saturated rings. The van der Waals surface area contributed by atoms with Gasteiger partial charge in [-0.15, -0.1) is 0 Å². The highest BCUT2D eigenvalue weighted by atomic mass is 19.4. The number of nitrogens with two attached hydrogens (primary N) is 1. The summed E-state index contributed by atoms with van der Waals surface area (Å²) < 4.78 is 45.6. The molecule has 3 N–H and O–H groups in total. The Balaban J connectivity index is 3.72. The number of hydrogen-bond acceptors (Lipinski definition) is 6. The first-order chi connectivity index (χ1) is 14.4. The molecule has 0 radical (unpaired) electrons. The number of anilines is 2. The third-order valence-electron chi connectivity index (χ3n) is 4.49. The molecule has 0 bridgehead atoms. The van der Waals surface area contributed by atoms with Crippen molar-refractivity contribution in [3.63, 3.8) is 0 Å². The zero-order chi connectivity index (χ0) is 23.9. The van der Waals surface area contributed by atoms with Gasteiger partial charge < -0.3 is 15.8 Å². The molecule has 0 aliphatic heterocycles. The van der Waals surface area contributed by atoms with Crippen LogP contribution < -0.4 is 27.2 Å². The SMILES string of the molecule is CCCn1c(N)c(N(CCOC)C(=O)C(F)(F)F)c(=O)n(CC(=O)NC(C)CC)c1=O. The van der Waals surface area contributed by atoms with Crippen molar-refractivity contribution in [1.29, 1.82) is 0 Å². The highest BCUT2D eigenvalue weighted by Gasteiger charge is 2.44. The number of hydrogen-bond donors (Lipinski definition) is 2. The summed E-state index contributed by atoms with van der Waals surface area (Å²) in [6.07, 6.45) is -4.37. The molecule has 10 nitrogen and oxygen atoms in total. The highest BCUT2D eigenvalue weighted by molar-refractivity contribution is 5.99. The Hall–Kier alpha value is -2.83. The first-order valence-corrected chi connectivity index (χ1v) is 9.70. The summed E-state index contributed by atoms with van der Waals surface area (Å²) in [7, 11) is 1.20. The van der Waals surface area contributed by atoms with E-state index < -0.39 is 53.8 Å². The Morgan fingerprint density at radius 1 is 1.23 bits per heavy atom. The van der Waals surface area contributed by atoms with E-state index in [1.165, 1.54) is 7.11 Å². The maximum atomic E-state index is 13.2. The quantitative estimate of drug-likeness (QED) is 0.532. The van der Waals surface area contributed by atoms with Crippen LogP contribution in [0.4, 0.5) is 24.7 Å². The van der Waals surface area contributed by atoms with Gasteiger partial charge in [0.25, 0.3) is 5.56 Å². The third-order valence-corrected chi connectivity index (χ3v) is 4.49. The van der Waals surface area contributed by atoms with Crippen LogP contribution in [0.3, 0.4) is 0 Å². The van der Waals surface area contributed by atoms with Gasteiger partial charge in [0.05, 0.1) is 6.61 Å². The summed E-state index contributed by atoms with van der Waals surface area (Å²) in [4.78, 5) is 50.2. The van der Waals surface area contributed by atoms with Gasteiger partial charge in [0.1, 0.15) is 12.4 Å². The van der Waals surface area contributed by atoms with Gasteiger partial charge in [0.2, 0.25) is 5.91 Å². The second-order valence-corrected chi connectivity index (χ2v) is 6.88. The van der Waals surface area contributed by atoms with Gasteiger partial charge in [-0.3, -0.25) is 23.9 Å². The number of nitrogens with zero attached hydrogens (tertiary/aromatic N) is 3. The molecule has 1 heterocycles. The smallest absolute Gasteiger partial charge is 0.383 e. The van der Waals surface area contributed by atoms with E-state index >= 15 is 0 Å². The predicted octanol–water partition coefficient (Wildman–Crippen LogP) is 0.459. The summed E-state index contributed by atoms with van der Waals surface area (Å²) >= 11 is 0. The highest BCUT2D eigenvalue weighted by Crippen LogP contribution is 2.25. The van der Waals surface area contributed by atoms with Crippen molar-refractivity contribution in [1.82, 2.24) is 14.5 Å². The molecule has 0 aliphatic carbocycles. The van der Waals surface area contributed by atoms with E-state index in [1.807, 2.05) is 6.92 Å². The number of methoxy groups -OCH3 is 1. The van der Waals surface area contributed by atoms with Crippen LogP contribution >= 0.6 is 0 Å². The van der Waals surface area contributed by atoms with E-state index in [9.17, 15) is 32.3 Å². The van der Waals surface area contributed by atoms with Gasteiger partial charge in [-0.2, -0.15) is 13.2 Å². The topological polar surface area (TPSA) is 129 Å². The molecule has 1 unspecified atom stereocenters. The maximum absolute atomic E-state index is 13.2. The van der Waals surface area contributed by atoms with Crippen molar-refractivity contribution in [3.8, 4) is 0 Å². The number of aromatic nitrogens is 2. The van der Waals surface area contributed by atoms with Crippen LogP contribution in [0.15, 0.2) is 9.59 Å². The Bertz CT molecular complexity index is 910. The maximum Gasteiger partial charge on any atom is 0.471 e. The average Bonchev–Trinajstić information content (AvgIpc) is 2.69. The van der Waals surface area contributed by atoms with E-state index in [4.69, 9.17) is 10.5 Å². The molecule has 176 valence electrons. The molecule has 0 aromatic carbocycles. The lowest BCUT2D eigenvalue weighted by molar-refractivity contribution is -0.170. The fraction of sp³-hybridized carbons (Fsp3) is 0.667. The summed E-state index contributed by atoms with van der Waals surface area (Å²) in [6.45, 7) is 3.45. The second kappa shape index (κ2) is 11.0. The first-order valence-electron chi connectivity index (χ1n) is 9.70. The van der Waals surface area contributed by atoms with Gasteiger partial charge in [0, 0.05) is 26.2 Å². The molecule has 31 heavy (non-hydrogen) atoms. The Kier molecular flexibility index (Phi) is 9.28. The van der Waals surface area contributed by atoms with E-state index in [0.717, 1.165) is 4.57 Å². The minimum atomic E-state index is -5.31. The zero-order valence-corrected chi connectivity index (χ0v) is 17.9. The lowest BCUT2D eigenvalue weighted by Gasteiger charge is -2.26. The molecular formula is C18H28F3N5O5. The zero-order valence-electron chi connectivity index (χ0n) is 17.9. The molecule has 1 rings (SSSR count). The molecule has 0 saturated carbocycles. The van der Waals surface area contributed by atoms with Crippen LogP contribution in [-0.4, -0.2) is 53.4 Å². The monoisotopic (exact) mass is 451 g/mol. The van der Waals surface area contributed by atoms with E-state index in [0.29, 0.717) is 17.4 Å². The largest absolute Gasteiger partial charge is 0.471 e. The number of alkyl halides is 3. The Labute approximate surface area is 176 Å². The Morgan fingerprint density at radius 2 is 1.84 bits per heavy atom. The van der Waals surface area contributed by atoms with Crippen LogP contribution in [0.2, 0.25) is 0 Å². The van der Waals surface area contributed by atoms with E-state index in [-0.39, 0.29) is 24.1 Å².